The molecule has 148 valence electrons. The molecule has 4 rings (SSSR count). The zero-order chi connectivity index (χ0) is 20.4. The van der Waals surface area contributed by atoms with E-state index in [1.54, 1.807) is 10.3 Å². The van der Waals surface area contributed by atoms with Gasteiger partial charge in [-0.05, 0) is 23.8 Å². The Morgan fingerprint density at radius 1 is 1.21 bits per heavy atom. The first kappa shape index (κ1) is 19.2. The van der Waals surface area contributed by atoms with Gasteiger partial charge < -0.3 is 10.2 Å². The zero-order valence-corrected chi connectivity index (χ0v) is 16.1. The Kier molecular flexibility index (Phi) is 5.35. The number of aromatic nitrogens is 1. The Morgan fingerprint density at radius 3 is 2.79 bits per heavy atom. The van der Waals surface area contributed by atoms with Gasteiger partial charge in [-0.1, -0.05) is 30.3 Å². The van der Waals surface area contributed by atoms with E-state index in [-0.39, 0.29) is 34.6 Å². The maximum Gasteiger partial charge on any atom is 0.231 e. The van der Waals surface area contributed by atoms with Crippen molar-refractivity contribution in [1.29, 1.82) is 0 Å². The van der Waals surface area contributed by atoms with Crippen LogP contribution in [-0.4, -0.2) is 28.2 Å². The van der Waals surface area contributed by atoms with Gasteiger partial charge in [-0.3, -0.25) is 9.59 Å². The number of carbonyl (C=O) groups excluding carboxylic acids is 2. The van der Waals surface area contributed by atoms with E-state index < -0.39 is 17.6 Å². The molecule has 0 spiro atoms. The number of nitrogens with one attached hydrogen (secondary N) is 1. The molecule has 2 aromatic carbocycles. The monoisotopic (exact) mass is 413 g/mol. The molecule has 1 fully saturated rings. The van der Waals surface area contributed by atoms with Gasteiger partial charge in [0.1, 0.15) is 11.6 Å². The average Bonchev–Trinajstić information content (AvgIpc) is 3.31. The molecule has 5 nitrogen and oxygen atoms in total. The molecule has 1 atom stereocenters. The van der Waals surface area contributed by atoms with Crippen LogP contribution in [-0.2, 0) is 16.1 Å². The molecular weight excluding hydrogens is 396 g/mol. The molecule has 3 aromatic rings. The molecule has 0 bridgehead atoms. The molecule has 1 saturated heterocycles. The summed E-state index contributed by atoms with van der Waals surface area (Å²) in [6.07, 6.45) is 0.134. The Bertz CT molecular complexity index is 1060. The van der Waals surface area contributed by atoms with Crippen molar-refractivity contribution >= 4 is 28.3 Å². The number of rotatable bonds is 5. The van der Waals surface area contributed by atoms with Gasteiger partial charge in [-0.25, -0.2) is 13.8 Å². The van der Waals surface area contributed by atoms with Crippen molar-refractivity contribution in [2.24, 2.45) is 5.92 Å². The maximum absolute atomic E-state index is 13.9. The molecule has 2 heterocycles. The first-order chi connectivity index (χ1) is 14.0. The molecule has 1 N–H and O–H groups in total. The summed E-state index contributed by atoms with van der Waals surface area (Å²) >= 11 is 1.12. The quantitative estimate of drug-likeness (QED) is 0.686. The first-order valence-corrected chi connectivity index (χ1v) is 9.91. The van der Waals surface area contributed by atoms with Crippen molar-refractivity contribution in [2.45, 2.75) is 13.0 Å². The van der Waals surface area contributed by atoms with Crippen LogP contribution >= 0.6 is 11.3 Å². The summed E-state index contributed by atoms with van der Waals surface area (Å²) in [6.45, 7) is 0.792. The summed E-state index contributed by atoms with van der Waals surface area (Å²) in [4.78, 5) is 30.7. The smallest absolute Gasteiger partial charge is 0.231 e. The second kappa shape index (κ2) is 8.08. The standard InChI is InChI=1S/C21H17F2N3O2S/c22-15-6-7-17(23)16(9-15)18-12-29-21(24-18)25-20(28)14-8-19(27)26(11-14)10-13-4-2-1-3-5-13/h1-7,9,12,14H,8,10-11H2,(H,24,25,28). The predicted molar refractivity (Wildman–Crippen MR) is 106 cm³/mol. The minimum Gasteiger partial charge on any atom is -0.338 e. The van der Waals surface area contributed by atoms with Gasteiger partial charge >= 0.3 is 0 Å². The molecule has 1 aliphatic rings. The second-order valence-electron chi connectivity index (χ2n) is 6.81. The van der Waals surface area contributed by atoms with Crippen LogP contribution in [0.15, 0.2) is 53.9 Å². The number of hydrogen-bond acceptors (Lipinski definition) is 4. The Hall–Kier alpha value is -3.13. The highest BCUT2D eigenvalue weighted by atomic mass is 32.1. The number of nitrogens with zero attached hydrogens (tertiary/aromatic N) is 2. The molecule has 1 unspecified atom stereocenters. The van der Waals surface area contributed by atoms with Gasteiger partial charge in [0.25, 0.3) is 0 Å². The molecule has 0 saturated carbocycles. The number of halogens is 2. The SMILES string of the molecule is O=C(Nc1nc(-c2cc(F)ccc2F)cs1)C1CC(=O)N(Cc2ccccc2)C1. The van der Waals surface area contributed by atoms with Crippen LogP contribution in [0.25, 0.3) is 11.3 Å². The third-order valence-corrected chi connectivity index (χ3v) is 5.50. The number of amides is 2. The number of anilines is 1. The van der Waals surface area contributed by atoms with Crippen molar-refractivity contribution in [3.8, 4) is 11.3 Å². The van der Waals surface area contributed by atoms with Gasteiger partial charge in [-0.15, -0.1) is 11.3 Å². The lowest BCUT2D eigenvalue weighted by Crippen LogP contribution is -2.28. The fourth-order valence-electron chi connectivity index (χ4n) is 3.26. The largest absolute Gasteiger partial charge is 0.338 e. The molecule has 29 heavy (non-hydrogen) atoms. The van der Waals surface area contributed by atoms with Crippen LogP contribution in [0.5, 0.6) is 0 Å². The minimum atomic E-state index is -0.590. The Labute approximate surface area is 170 Å². The van der Waals surface area contributed by atoms with E-state index in [2.05, 4.69) is 10.3 Å². The number of benzene rings is 2. The van der Waals surface area contributed by atoms with Crippen molar-refractivity contribution in [3.05, 3.63) is 71.1 Å². The van der Waals surface area contributed by atoms with Crippen LogP contribution < -0.4 is 5.32 Å². The lowest BCUT2D eigenvalue weighted by atomic mass is 10.1. The average molecular weight is 413 g/mol. The lowest BCUT2D eigenvalue weighted by Gasteiger charge is -2.16. The highest BCUT2D eigenvalue weighted by molar-refractivity contribution is 7.14. The normalized spacial score (nSPS) is 16.3. The molecular formula is C21H17F2N3O2S. The van der Waals surface area contributed by atoms with Crippen molar-refractivity contribution in [3.63, 3.8) is 0 Å². The summed E-state index contributed by atoms with van der Waals surface area (Å²) in [5, 5.41) is 4.52. The molecule has 0 aliphatic carbocycles. The molecule has 1 aliphatic heterocycles. The predicted octanol–water partition coefficient (Wildman–Crippen LogP) is 4.08. The highest BCUT2D eigenvalue weighted by Gasteiger charge is 2.34. The third kappa shape index (κ3) is 4.32. The number of likely N-dealkylation sites (tertiary alicyclic amines) is 1. The summed E-state index contributed by atoms with van der Waals surface area (Å²) in [5.41, 5.74) is 1.28. The van der Waals surface area contributed by atoms with Crippen LogP contribution in [0.4, 0.5) is 13.9 Å². The van der Waals surface area contributed by atoms with Crippen LogP contribution in [0.3, 0.4) is 0 Å². The second-order valence-corrected chi connectivity index (χ2v) is 7.67. The molecule has 0 radical (unpaired) electrons. The van der Waals surface area contributed by atoms with Gasteiger partial charge in [-0.2, -0.15) is 0 Å². The van der Waals surface area contributed by atoms with E-state index >= 15 is 0 Å². The van der Waals surface area contributed by atoms with E-state index in [0.717, 1.165) is 35.1 Å². The van der Waals surface area contributed by atoms with Gasteiger partial charge in [0.2, 0.25) is 11.8 Å². The highest BCUT2D eigenvalue weighted by Crippen LogP contribution is 2.29. The van der Waals surface area contributed by atoms with Crippen molar-refractivity contribution in [1.82, 2.24) is 9.88 Å². The lowest BCUT2D eigenvalue weighted by molar-refractivity contribution is -0.128. The van der Waals surface area contributed by atoms with E-state index in [4.69, 9.17) is 0 Å². The minimum absolute atomic E-state index is 0.0341. The topological polar surface area (TPSA) is 62.3 Å². The summed E-state index contributed by atoms with van der Waals surface area (Å²) < 4.78 is 27.3. The van der Waals surface area contributed by atoms with Crippen LogP contribution in [0, 0.1) is 17.6 Å². The molecule has 1 aromatic heterocycles. The van der Waals surface area contributed by atoms with E-state index in [9.17, 15) is 18.4 Å². The number of carbonyl (C=O) groups is 2. The van der Waals surface area contributed by atoms with Crippen LogP contribution in [0.2, 0.25) is 0 Å². The Balaban J connectivity index is 1.40. The summed E-state index contributed by atoms with van der Waals surface area (Å²) in [5.74, 6) is -2.02. The summed E-state index contributed by atoms with van der Waals surface area (Å²) in [6, 6.07) is 12.7. The Morgan fingerprint density at radius 2 is 2.00 bits per heavy atom. The van der Waals surface area contributed by atoms with Crippen LogP contribution in [0.1, 0.15) is 12.0 Å². The van der Waals surface area contributed by atoms with Gasteiger partial charge in [0, 0.05) is 30.5 Å². The fourth-order valence-corrected chi connectivity index (χ4v) is 3.97. The summed E-state index contributed by atoms with van der Waals surface area (Å²) in [7, 11) is 0. The van der Waals surface area contributed by atoms with Gasteiger partial charge in [0.05, 0.1) is 11.6 Å². The zero-order valence-electron chi connectivity index (χ0n) is 15.3. The first-order valence-electron chi connectivity index (χ1n) is 9.03. The van der Waals surface area contributed by atoms with Crippen molar-refractivity contribution < 1.29 is 18.4 Å². The maximum atomic E-state index is 13.9. The molecule has 8 heteroatoms. The molecule has 2 amide bonds. The van der Waals surface area contributed by atoms with E-state index in [0.29, 0.717) is 13.1 Å². The van der Waals surface area contributed by atoms with Gasteiger partial charge in [0.15, 0.2) is 5.13 Å². The third-order valence-electron chi connectivity index (χ3n) is 4.74. The number of thiazole rings is 1. The van der Waals surface area contributed by atoms with E-state index in [1.807, 2.05) is 30.3 Å². The van der Waals surface area contributed by atoms with E-state index in [1.165, 1.54) is 0 Å². The fraction of sp³-hybridized carbons (Fsp3) is 0.190. The van der Waals surface area contributed by atoms with Crippen molar-refractivity contribution in [2.75, 3.05) is 11.9 Å². The number of hydrogen-bond donors (Lipinski definition) is 1.